The maximum atomic E-state index is 12.9. The number of carbonyl (C=O) groups is 2. The number of fused-ring (bicyclic) bond motifs is 1. The quantitative estimate of drug-likeness (QED) is 0.585. The second kappa shape index (κ2) is 9.04. The van der Waals surface area contributed by atoms with Gasteiger partial charge in [0.25, 0.3) is 11.5 Å². The van der Waals surface area contributed by atoms with Crippen LogP contribution in [0.2, 0.25) is 0 Å². The number of rotatable bonds is 7. The first-order valence-electron chi connectivity index (χ1n) is 9.21. The van der Waals surface area contributed by atoms with Crippen LogP contribution in [-0.2, 0) is 9.53 Å². The Labute approximate surface area is 177 Å². The number of hydrogen-bond donors (Lipinski definition) is 3. The van der Waals surface area contributed by atoms with Crippen molar-refractivity contribution in [3.8, 4) is 5.75 Å². The zero-order valence-electron chi connectivity index (χ0n) is 16.3. The monoisotopic (exact) mass is 454 g/mol. The number of carbonyl (C=O) groups excluding carboxylic acids is 1. The molecule has 1 aromatic heterocycles. The molecule has 9 nitrogen and oxygen atoms in total. The number of pyridine rings is 1. The number of para-hydroxylation sites is 1. The molecule has 1 aliphatic rings. The van der Waals surface area contributed by atoms with Crippen LogP contribution >= 0.6 is 0 Å². The molecule has 0 spiro atoms. The molecule has 0 fully saturated rings. The summed E-state index contributed by atoms with van der Waals surface area (Å²) in [6.07, 6.45) is -2.11. The number of nitrogens with one attached hydrogen (secondary N) is 1. The number of ether oxygens (including phenoxy) is 1. The van der Waals surface area contributed by atoms with Crippen molar-refractivity contribution in [2.24, 2.45) is 0 Å². The van der Waals surface area contributed by atoms with Crippen LogP contribution in [0.4, 0.5) is 13.2 Å². The number of hydrogen-bond acceptors (Lipinski definition) is 6. The molecule has 12 heteroatoms. The number of carboxylic acid groups (broad SMARTS) is 1. The predicted octanol–water partition coefficient (Wildman–Crippen LogP) is 2.09. The number of halogens is 3. The number of amides is 1. The van der Waals surface area contributed by atoms with Gasteiger partial charge in [-0.05, 0) is 30.2 Å². The maximum absolute atomic E-state index is 12.9. The first kappa shape index (κ1) is 22.7. The van der Waals surface area contributed by atoms with Crippen LogP contribution in [-0.4, -0.2) is 46.3 Å². The molecule has 0 radical (unpaired) electrons. The number of aromatic hydroxyl groups is 1. The molecule has 0 atom stereocenters. The topological polar surface area (TPSA) is 127 Å². The van der Waals surface area contributed by atoms with Crippen molar-refractivity contribution >= 4 is 22.8 Å². The van der Waals surface area contributed by atoms with E-state index >= 15 is 0 Å². The highest BCUT2D eigenvalue weighted by Crippen LogP contribution is 2.28. The van der Waals surface area contributed by atoms with Gasteiger partial charge in [-0.25, -0.2) is 0 Å². The van der Waals surface area contributed by atoms with Gasteiger partial charge in [-0.3, -0.25) is 14.4 Å². The van der Waals surface area contributed by atoms with Gasteiger partial charge < -0.3 is 25.1 Å². The van der Waals surface area contributed by atoms with Crippen molar-refractivity contribution in [1.82, 2.24) is 10.0 Å². The second-order valence-corrected chi connectivity index (χ2v) is 6.70. The van der Waals surface area contributed by atoms with Crippen molar-refractivity contribution in [3.63, 3.8) is 0 Å². The van der Waals surface area contributed by atoms with E-state index in [-0.39, 0.29) is 36.1 Å². The lowest BCUT2D eigenvalue weighted by molar-refractivity contribution is -0.306. The standard InChI is InChI=1S/C20H17F3N2O7/c21-20(22,23)32-12-7-5-11(6-8-12)10-31-25-14-4-2-1-3-13(14)17(28)16(19(25)30)18(29)24-9-15(26)27/h1-5,7,28H,6,8-10H2,(H,24,29)(H,26,27). The fourth-order valence-corrected chi connectivity index (χ4v) is 3.04. The number of alkyl halides is 3. The summed E-state index contributed by atoms with van der Waals surface area (Å²) in [5.41, 5.74) is -1.04. The fraction of sp³-hybridized carbons (Fsp3) is 0.250. The Bertz CT molecular complexity index is 1180. The zero-order valence-corrected chi connectivity index (χ0v) is 16.3. The summed E-state index contributed by atoms with van der Waals surface area (Å²) >= 11 is 0. The highest BCUT2D eigenvalue weighted by atomic mass is 19.4. The average Bonchev–Trinajstić information content (AvgIpc) is 2.72. The molecule has 2 aromatic rings. The molecule has 1 aliphatic carbocycles. The Morgan fingerprint density at radius 3 is 2.50 bits per heavy atom. The van der Waals surface area contributed by atoms with Crippen molar-refractivity contribution < 1.29 is 42.5 Å². The number of aliphatic carboxylic acids is 1. The number of nitrogens with zero attached hydrogens (tertiary/aromatic N) is 1. The molecular formula is C20H17F3N2O7. The third-order valence-corrected chi connectivity index (χ3v) is 4.46. The van der Waals surface area contributed by atoms with Crippen molar-refractivity contribution in [1.29, 1.82) is 0 Å². The predicted molar refractivity (Wildman–Crippen MR) is 104 cm³/mol. The Morgan fingerprint density at radius 1 is 1.16 bits per heavy atom. The summed E-state index contributed by atoms with van der Waals surface area (Å²) in [5, 5.41) is 21.3. The van der Waals surface area contributed by atoms with E-state index in [0.29, 0.717) is 5.57 Å². The lowest BCUT2D eigenvalue weighted by atomic mass is 10.0. The van der Waals surface area contributed by atoms with Gasteiger partial charge in [0, 0.05) is 11.8 Å². The van der Waals surface area contributed by atoms with Crippen LogP contribution in [0.1, 0.15) is 23.2 Å². The third kappa shape index (κ3) is 5.20. The Hall–Kier alpha value is -3.96. The van der Waals surface area contributed by atoms with Gasteiger partial charge >= 0.3 is 12.3 Å². The maximum Gasteiger partial charge on any atom is 0.572 e. The van der Waals surface area contributed by atoms with Crippen LogP contribution < -0.4 is 15.7 Å². The minimum Gasteiger partial charge on any atom is -0.506 e. The second-order valence-electron chi connectivity index (χ2n) is 6.70. The summed E-state index contributed by atoms with van der Waals surface area (Å²) < 4.78 is 41.5. The summed E-state index contributed by atoms with van der Waals surface area (Å²) in [4.78, 5) is 41.4. The Balaban J connectivity index is 1.91. The van der Waals surface area contributed by atoms with E-state index < -0.39 is 41.7 Å². The zero-order chi connectivity index (χ0) is 23.5. The lowest BCUT2D eigenvalue weighted by Crippen LogP contribution is -2.38. The van der Waals surface area contributed by atoms with E-state index in [9.17, 15) is 32.7 Å². The molecule has 1 aromatic carbocycles. The lowest BCUT2D eigenvalue weighted by Gasteiger charge is -2.19. The third-order valence-electron chi connectivity index (χ3n) is 4.46. The molecule has 0 saturated carbocycles. The molecule has 32 heavy (non-hydrogen) atoms. The van der Waals surface area contributed by atoms with Crippen LogP contribution in [0.25, 0.3) is 10.9 Å². The average molecular weight is 454 g/mol. The molecule has 0 saturated heterocycles. The van der Waals surface area contributed by atoms with Crippen LogP contribution in [0.3, 0.4) is 0 Å². The van der Waals surface area contributed by atoms with Crippen molar-refractivity contribution in [2.45, 2.75) is 19.2 Å². The fourth-order valence-electron chi connectivity index (χ4n) is 3.04. The van der Waals surface area contributed by atoms with E-state index in [4.69, 9.17) is 9.94 Å². The van der Waals surface area contributed by atoms with E-state index in [1.54, 1.807) is 12.1 Å². The van der Waals surface area contributed by atoms with E-state index in [0.717, 1.165) is 10.8 Å². The van der Waals surface area contributed by atoms with Crippen LogP contribution in [0.5, 0.6) is 5.75 Å². The first-order valence-corrected chi connectivity index (χ1v) is 9.21. The highest BCUT2D eigenvalue weighted by Gasteiger charge is 2.32. The van der Waals surface area contributed by atoms with Gasteiger partial charge in [-0.15, -0.1) is 17.9 Å². The minimum atomic E-state index is -4.79. The normalized spacial score (nSPS) is 13.8. The summed E-state index contributed by atoms with van der Waals surface area (Å²) in [6, 6.07) is 6.00. The SMILES string of the molecule is O=C(O)CNC(=O)c1c(O)c2ccccc2n(OCC2=CC=C(OC(F)(F)F)CC2)c1=O. The molecular weight excluding hydrogens is 437 g/mol. The molecule has 0 aliphatic heterocycles. The van der Waals surface area contributed by atoms with Gasteiger partial charge in [0.05, 0.1) is 5.52 Å². The summed E-state index contributed by atoms with van der Waals surface area (Å²) in [6.45, 7) is -0.965. The molecule has 0 bridgehead atoms. The molecule has 1 heterocycles. The van der Waals surface area contributed by atoms with Gasteiger partial charge in [-0.1, -0.05) is 18.2 Å². The van der Waals surface area contributed by atoms with Crippen LogP contribution in [0.15, 0.2) is 52.5 Å². The van der Waals surface area contributed by atoms with E-state index in [2.05, 4.69) is 4.74 Å². The summed E-state index contributed by atoms with van der Waals surface area (Å²) in [5.74, 6) is -3.35. The smallest absolute Gasteiger partial charge is 0.506 e. The van der Waals surface area contributed by atoms with Gasteiger partial charge in [0.2, 0.25) is 0 Å². The van der Waals surface area contributed by atoms with Crippen molar-refractivity contribution in [2.75, 3.05) is 13.2 Å². The van der Waals surface area contributed by atoms with E-state index in [1.807, 2.05) is 5.32 Å². The first-order chi connectivity index (χ1) is 15.1. The number of benzene rings is 1. The Kier molecular flexibility index (Phi) is 6.42. The highest BCUT2D eigenvalue weighted by molar-refractivity contribution is 6.02. The molecule has 1 amide bonds. The molecule has 3 rings (SSSR count). The number of carboxylic acids is 1. The van der Waals surface area contributed by atoms with Crippen LogP contribution in [0, 0.1) is 0 Å². The summed E-state index contributed by atoms with van der Waals surface area (Å²) in [7, 11) is 0. The Morgan fingerprint density at radius 2 is 1.88 bits per heavy atom. The minimum absolute atomic E-state index is 0.0250. The molecule has 3 N–H and O–H groups in total. The van der Waals surface area contributed by atoms with E-state index in [1.165, 1.54) is 18.2 Å². The van der Waals surface area contributed by atoms with Crippen molar-refractivity contribution in [3.05, 3.63) is 63.7 Å². The largest absolute Gasteiger partial charge is 0.572 e. The number of aromatic nitrogens is 1. The molecule has 0 unspecified atom stereocenters. The van der Waals surface area contributed by atoms with Gasteiger partial charge in [0.15, 0.2) is 5.56 Å². The van der Waals surface area contributed by atoms with Gasteiger partial charge in [0.1, 0.15) is 24.7 Å². The molecule has 170 valence electrons. The van der Waals surface area contributed by atoms with Gasteiger partial charge in [-0.2, -0.15) is 0 Å². The number of allylic oxidation sites excluding steroid dienone is 3.